The molecule has 0 bridgehead atoms. The van der Waals surface area contributed by atoms with Crippen molar-refractivity contribution in [1.82, 2.24) is 9.88 Å². The van der Waals surface area contributed by atoms with E-state index >= 15 is 0 Å². The Morgan fingerprint density at radius 3 is 2.70 bits per heavy atom. The van der Waals surface area contributed by atoms with Crippen molar-refractivity contribution in [3.8, 4) is 10.6 Å². The monoisotopic (exact) mass is 350 g/mol. The molecule has 1 atom stereocenters. The molecule has 1 fully saturated rings. The predicted octanol–water partition coefficient (Wildman–Crippen LogP) is 2.46. The number of rotatable bonds is 4. The van der Waals surface area contributed by atoms with E-state index in [4.69, 9.17) is 0 Å². The second-order valence-corrected chi connectivity index (χ2v) is 8.64. The first-order valence-electron chi connectivity index (χ1n) is 7.52. The van der Waals surface area contributed by atoms with E-state index in [1.54, 1.807) is 10.3 Å². The van der Waals surface area contributed by atoms with Gasteiger partial charge in [0, 0.05) is 23.5 Å². The van der Waals surface area contributed by atoms with Crippen LogP contribution in [0.1, 0.15) is 23.8 Å². The van der Waals surface area contributed by atoms with Crippen LogP contribution < -0.4 is 0 Å². The minimum Gasteiger partial charge on any atom is -0.334 e. The van der Waals surface area contributed by atoms with E-state index in [0.717, 1.165) is 10.6 Å². The van der Waals surface area contributed by atoms with Gasteiger partial charge in [0.05, 0.1) is 11.5 Å². The molecule has 0 spiro atoms. The van der Waals surface area contributed by atoms with Crippen LogP contribution in [0.3, 0.4) is 0 Å². The second kappa shape index (κ2) is 6.41. The highest BCUT2D eigenvalue weighted by Gasteiger charge is 2.34. The van der Waals surface area contributed by atoms with E-state index in [0.29, 0.717) is 18.7 Å². The van der Waals surface area contributed by atoms with Gasteiger partial charge in [0.2, 0.25) is 0 Å². The summed E-state index contributed by atoms with van der Waals surface area (Å²) in [5.41, 5.74) is 1.36. The first-order chi connectivity index (χ1) is 11.0. The lowest BCUT2D eigenvalue weighted by Crippen LogP contribution is -2.41. The highest BCUT2D eigenvalue weighted by Crippen LogP contribution is 2.25. The summed E-state index contributed by atoms with van der Waals surface area (Å²) >= 11 is 1.42. The quantitative estimate of drug-likeness (QED) is 0.849. The summed E-state index contributed by atoms with van der Waals surface area (Å²) in [7, 11) is -3.02. The maximum atomic E-state index is 12.7. The number of hydrogen-bond acceptors (Lipinski definition) is 5. The summed E-state index contributed by atoms with van der Waals surface area (Å²) < 4.78 is 23.3. The van der Waals surface area contributed by atoms with Crippen LogP contribution in [0.25, 0.3) is 10.6 Å². The molecule has 5 nitrogen and oxygen atoms in total. The molecule has 1 aliphatic rings. The lowest BCUT2D eigenvalue weighted by atomic mass is 10.2. The van der Waals surface area contributed by atoms with Crippen molar-refractivity contribution >= 4 is 27.1 Å². The highest BCUT2D eigenvalue weighted by atomic mass is 32.2. The zero-order chi connectivity index (χ0) is 16.4. The number of hydrogen-bond donors (Lipinski definition) is 0. The number of carbonyl (C=O) groups is 1. The number of amides is 1. The fourth-order valence-corrected chi connectivity index (χ4v) is 5.35. The number of nitrogens with zero attached hydrogens (tertiary/aromatic N) is 2. The number of carbonyl (C=O) groups excluding carboxylic acids is 1. The summed E-state index contributed by atoms with van der Waals surface area (Å²) in [5, 5.41) is 2.54. The van der Waals surface area contributed by atoms with Crippen LogP contribution in [0.5, 0.6) is 0 Å². The molecular formula is C16H18N2O3S2. The number of thiazole rings is 1. The Kier molecular flexibility index (Phi) is 4.50. The molecule has 122 valence electrons. The predicted molar refractivity (Wildman–Crippen MR) is 91.3 cm³/mol. The fraction of sp³-hybridized carbons (Fsp3) is 0.375. The van der Waals surface area contributed by atoms with Gasteiger partial charge in [-0.3, -0.25) is 4.79 Å². The molecule has 1 aliphatic heterocycles. The van der Waals surface area contributed by atoms with Crippen molar-refractivity contribution in [2.45, 2.75) is 19.4 Å². The van der Waals surface area contributed by atoms with Crippen LogP contribution in [0.2, 0.25) is 0 Å². The number of sulfone groups is 1. The molecule has 3 rings (SSSR count). The number of benzene rings is 1. The molecular weight excluding hydrogens is 332 g/mol. The molecule has 2 aromatic rings. The number of aromatic nitrogens is 1. The van der Waals surface area contributed by atoms with Crippen molar-refractivity contribution in [3.63, 3.8) is 0 Å². The van der Waals surface area contributed by atoms with Gasteiger partial charge in [-0.05, 0) is 13.3 Å². The van der Waals surface area contributed by atoms with Gasteiger partial charge < -0.3 is 4.90 Å². The van der Waals surface area contributed by atoms with Gasteiger partial charge >= 0.3 is 0 Å². The largest absolute Gasteiger partial charge is 0.334 e. The molecule has 1 aromatic carbocycles. The summed E-state index contributed by atoms with van der Waals surface area (Å²) in [6.45, 7) is 2.35. The van der Waals surface area contributed by atoms with Gasteiger partial charge in [0.25, 0.3) is 5.91 Å². The Morgan fingerprint density at radius 2 is 2.09 bits per heavy atom. The van der Waals surface area contributed by atoms with E-state index in [9.17, 15) is 13.2 Å². The molecule has 7 heteroatoms. The third-order valence-electron chi connectivity index (χ3n) is 3.99. The smallest absolute Gasteiger partial charge is 0.273 e. The van der Waals surface area contributed by atoms with Crippen LogP contribution in [-0.4, -0.2) is 48.3 Å². The summed E-state index contributed by atoms with van der Waals surface area (Å²) in [6.07, 6.45) is 0.512. The SMILES string of the molecule is CCN(C(=O)c1csc(-c2ccccc2)n1)C1CCS(=O)(=O)C1. The lowest BCUT2D eigenvalue weighted by molar-refractivity contribution is 0.0703. The molecule has 0 radical (unpaired) electrons. The fourth-order valence-electron chi connectivity index (χ4n) is 2.82. The lowest BCUT2D eigenvalue weighted by Gasteiger charge is -2.25. The van der Waals surface area contributed by atoms with Gasteiger partial charge in [-0.15, -0.1) is 11.3 Å². The minimum atomic E-state index is -3.02. The van der Waals surface area contributed by atoms with Gasteiger partial charge in [-0.1, -0.05) is 30.3 Å². The standard InChI is InChI=1S/C16H18N2O3S2/c1-2-18(13-8-9-23(20,21)11-13)16(19)14-10-22-15(17-14)12-6-4-3-5-7-12/h3-7,10,13H,2,8-9,11H2,1H3. The van der Waals surface area contributed by atoms with Crippen molar-refractivity contribution in [2.75, 3.05) is 18.1 Å². The third kappa shape index (κ3) is 3.45. The zero-order valence-corrected chi connectivity index (χ0v) is 14.4. The molecule has 1 amide bonds. The van der Waals surface area contributed by atoms with Gasteiger partial charge in [-0.25, -0.2) is 13.4 Å². The Balaban J connectivity index is 1.81. The second-order valence-electron chi connectivity index (χ2n) is 5.55. The maximum absolute atomic E-state index is 12.7. The molecule has 2 heterocycles. The summed E-state index contributed by atoms with van der Waals surface area (Å²) in [5.74, 6) is 0.0313. The third-order valence-corrected chi connectivity index (χ3v) is 6.64. The van der Waals surface area contributed by atoms with E-state index in [1.165, 1.54) is 11.3 Å². The average Bonchev–Trinajstić information content (AvgIpc) is 3.16. The van der Waals surface area contributed by atoms with E-state index in [-0.39, 0.29) is 23.5 Å². The first-order valence-corrected chi connectivity index (χ1v) is 10.2. The summed E-state index contributed by atoms with van der Waals surface area (Å²) in [6, 6.07) is 9.46. The van der Waals surface area contributed by atoms with Crippen LogP contribution >= 0.6 is 11.3 Å². The van der Waals surface area contributed by atoms with Gasteiger partial charge in [0.15, 0.2) is 9.84 Å². The van der Waals surface area contributed by atoms with E-state index in [1.807, 2.05) is 37.3 Å². The van der Waals surface area contributed by atoms with Crippen LogP contribution in [0.4, 0.5) is 0 Å². The van der Waals surface area contributed by atoms with Gasteiger partial charge in [0.1, 0.15) is 10.7 Å². The van der Waals surface area contributed by atoms with Crippen molar-refractivity contribution in [2.24, 2.45) is 0 Å². The van der Waals surface area contributed by atoms with Gasteiger partial charge in [-0.2, -0.15) is 0 Å². The van der Waals surface area contributed by atoms with E-state index < -0.39 is 9.84 Å². The maximum Gasteiger partial charge on any atom is 0.273 e. The van der Waals surface area contributed by atoms with Crippen molar-refractivity contribution in [1.29, 1.82) is 0 Å². The summed E-state index contributed by atoms with van der Waals surface area (Å²) in [4.78, 5) is 18.8. The molecule has 1 aromatic heterocycles. The molecule has 23 heavy (non-hydrogen) atoms. The highest BCUT2D eigenvalue weighted by molar-refractivity contribution is 7.91. The Bertz CT molecular complexity index is 800. The van der Waals surface area contributed by atoms with Crippen LogP contribution in [0.15, 0.2) is 35.7 Å². The van der Waals surface area contributed by atoms with Crippen LogP contribution in [0, 0.1) is 0 Å². The molecule has 1 unspecified atom stereocenters. The Labute approximate surface area is 139 Å². The normalized spacial score (nSPS) is 19.6. The molecule has 0 N–H and O–H groups in total. The van der Waals surface area contributed by atoms with Crippen LogP contribution in [-0.2, 0) is 9.84 Å². The Morgan fingerprint density at radius 1 is 1.35 bits per heavy atom. The first kappa shape index (κ1) is 16.1. The van der Waals surface area contributed by atoms with Crippen molar-refractivity contribution < 1.29 is 13.2 Å². The molecule has 1 saturated heterocycles. The zero-order valence-electron chi connectivity index (χ0n) is 12.8. The van der Waals surface area contributed by atoms with Crippen molar-refractivity contribution in [3.05, 3.63) is 41.4 Å². The molecule has 0 saturated carbocycles. The Hall–Kier alpha value is -1.73. The minimum absolute atomic E-state index is 0.0578. The topological polar surface area (TPSA) is 67.3 Å². The average molecular weight is 350 g/mol. The molecule has 0 aliphatic carbocycles. The van der Waals surface area contributed by atoms with E-state index in [2.05, 4.69) is 4.98 Å².